The summed E-state index contributed by atoms with van der Waals surface area (Å²) in [6.45, 7) is 0.496. The third-order valence-corrected chi connectivity index (χ3v) is 2.58. The smallest absolute Gasteiger partial charge is 0.223 e. The van der Waals surface area contributed by atoms with Crippen LogP contribution in [0.2, 0.25) is 0 Å². The van der Waals surface area contributed by atoms with Gasteiger partial charge in [-0.05, 0) is 12.1 Å². The number of pyridine rings is 1. The van der Waals surface area contributed by atoms with Gasteiger partial charge in [0.15, 0.2) is 5.65 Å². The molecule has 2 aromatic heterocycles. The van der Waals surface area contributed by atoms with Crippen LogP contribution in [0.15, 0.2) is 18.3 Å². The Hall–Kier alpha value is -2.11. The van der Waals surface area contributed by atoms with Gasteiger partial charge in [0.25, 0.3) is 0 Å². The number of hydrogen-bond donors (Lipinski definition) is 1. The SMILES string of the molecule is CN(C)C(=O)CCn1c(N)nc2cccnc21. The van der Waals surface area contributed by atoms with Crippen molar-refractivity contribution in [1.29, 1.82) is 0 Å². The van der Waals surface area contributed by atoms with E-state index in [1.54, 1.807) is 29.8 Å². The maximum atomic E-state index is 11.5. The second kappa shape index (κ2) is 4.40. The van der Waals surface area contributed by atoms with Gasteiger partial charge in [0.05, 0.1) is 0 Å². The molecule has 0 atom stereocenters. The zero-order valence-corrected chi connectivity index (χ0v) is 9.92. The maximum absolute atomic E-state index is 11.5. The lowest BCUT2D eigenvalue weighted by atomic mass is 10.3. The molecule has 1 amide bonds. The van der Waals surface area contributed by atoms with Crippen molar-refractivity contribution < 1.29 is 4.79 Å². The van der Waals surface area contributed by atoms with Crippen LogP contribution < -0.4 is 5.73 Å². The summed E-state index contributed by atoms with van der Waals surface area (Å²) in [5.41, 5.74) is 7.27. The molecule has 0 fully saturated rings. The molecule has 0 aliphatic carbocycles. The zero-order chi connectivity index (χ0) is 12.4. The molecule has 0 bridgehead atoms. The first kappa shape index (κ1) is 11.4. The van der Waals surface area contributed by atoms with Crippen molar-refractivity contribution in [1.82, 2.24) is 19.4 Å². The van der Waals surface area contributed by atoms with E-state index in [0.717, 1.165) is 11.2 Å². The number of hydrogen-bond acceptors (Lipinski definition) is 4. The fourth-order valence-corrected chi connectivity index (χ4v) is 1.63. The van der Waals surface area contributed by atoms with E-state index >= 15 is 0 Å². The molecule has 0 spiro atoms. The predicted octanol–water partition coefficient (Wildman–Crippen LogP) is 0.492. The lowest BCUT2D eigenvalue weighted by Gasteiger charge is -2.10. The minimum Gasteiger partial charge on any atom is -0.369 e. The highest BCUT2D eigenvalue weighted by atomic mass is 16.2. The Balaban J connectivity index is 2.24. The predicted molar refractivity (Wildman–Crippen MR) is 65.3 cm³/mol. The van der Waals surface area contributed by atoms with Gasteiger partial charge in [-0.25, -0.2) is 9.97 Å². The van der Waals surface area contributed by atoms with Crippen LogP contribution in [0.4, 0.5) is 5.95 Å². The monoisotopic (exact) mass is 233 g/mol. The molecule has 0 aromatic carbocycles. The molecule has 2 heterocycles. The molecule has 2 N–H and O–H groups in total. The molecule has 0 aliphatic rings. The summed E-state index contributed by atoms with van der Waals surface area (Å²) in [5.74, 6) is 0.451. The molecule has 0 aliphatic heterocycles. The quantitative estimate of drug-likeness (QED) is 0.837. The van der Waals surface area contributed by atoms with E-state index in [0.29, 0.717) is 18.9 Å². The molecule has 0 unspecified atom stereocenters. The van der Waals surface area contributed by atoms with Gasteiger partial charge in [-0.2, -0.15) is 0 Å². The third kappa shape index (κ3) is 2.20. The molecular weight excluding hydrogens is 218 g/mol. The summed E-state index contributed by atoms with van der Waals surface area (Å²) in [6.07, 6.45) is 2.08. The first-order valence-electron chi connectivity index (χ1n) is 5.36. The number of nitrogen functional groups attached to an aromatic ring is 1. The first-order chi connectivity index (χ1) is 8.09. The van der Waals surface area contributed by atoms with Gasteiger partial charge in [0.1, 0.15) is 5.52 Å². The van der Waals surface area contributed by atoms with Crippen molar-refractivity contribution in [2.24, 2.45) is 0 Å². The average molecular weight is 233 g/mol. The standard InChI is InChI=1S/C11H15N5O/c1-15(2)9(17)5-7-16-10-8(14-11(16)12)4-3-6-13-10/h3-4,6H,5,7H2,1-2H3,(H2,12,14). The van der Waals surface area contributed by atoms with E-state index in [4.69, 9.17) is 5.73 Å². The normalized spacial score (nSPS) is 10.7. The summed E-state index contributed by atoms with van der Waals surface area (Å²) in [4.78, 5) is 21.5. The number of aromatic nitrogens is 3. The number of nitrogens with zero attached hydrogens (tertiary/aromatic N) is 4. The minimum atomic E-state index is 0.0576. The average Bonchev–Trinajstić information content (AvgIpc) is 2.61. The number of imidazole rings is 1. The Morgan fingerprint density at radius 2 is 2.29 bits per heavy atom. The molecule has 0 saturated carbocycles. The Morgan fingerprint density at radius 3 is 3.00 bits per heavy atom. The number of rotatable bonds is 3. The number of amides is 1. The van der Waals surface area contributed by atoms with Crippen LogP contribution >= 0.6 is 0 Å². The van der Waals surface area contributed by atoms with Crippen LogP contribution in [0, 0.1) is 0 Å². The van der Waals surface area contributed by atoms with Crippen LogP contribution in [0.25, 0.3) is 11.2 Å². The molecule has 2 rings (SSSR count). The van der Waals surface area contributed by atoms with Crippen molar-refractivity contribution >= 4 is 23.0 Å². The van der Waals surface area contributed by atoms with Gasteiger partial charge in [-0.15, -0.1) is 0 Å². The van der Waals surface area contributed by atoms with Gasteiger partial charge in [-0.3, -0.25) is 9.36 Å². The van der Waals surface area contributed by atoms with Crippen molar-refractivity contribution in [2.75, 3.05) is 19.8 Å². The summed E-state index contributed by atoms with van der Waals surface area (Å²) in [5, 5.41) is 0. The number of aryl methyl sites for hydroxylation is 1. The third-order valence-electron chi connectivity index (χ3n) is 2.58. The Kier molecular flexibility index (Phi) is 2.95. The highest BCUT2D eigenvalue weighted by molar-refractivity contribution is 5.77. The Bertz CT molecular complexity index is 546. The summed E-state index contributed by atoms with van der Waals surface area (Å²) in [7, 11) is 3.46. The van der Waals surface area contributed by atoms with Crippen molar-refractivity contribution in [3.63, 3.8) is 0 Å². The highest BCUT2D eigenvalue weighted by Gasteiger charge is 2.11. The number of nitrogens with two attached hydrogens (primary N) is 1. The van der Waals surface area contributed by atoms with Gasteiger partial charge in [-0.1, -0.05) is 0 Å². The van der Waals surface area contributed by atoms with Crippen molar-refractivity contribution in [3.05, 3.63) is 18.3 Å². The molecule has 90 valence electrons. The molecule has 2 aromatic rings. The second-order valence-corrected chi connectivity index (χ2v) is 4.01. The molecule has 0 radical (unpaired) electrons. The minimum absolute atomic E-state index is 0.0576. The Morgan fingerprint density at radius 1 is 1.53 bits per heavy atom. The van der Waals surface area contributed by atoms with Crippen molar-refractivity contribution in [2.45, 2.75) is 13.0 Å². The topological polar surface area (TPSA) is 77.0 Å². The molecular formula is C11H15N5O. The van der Waals surface area contributed by atoms with Gasteiger partial charge >= 0.3 is 0 Å². The van der Waals surface area contributed by atoms with E-state index in [1.807, 2.05) is 12.1 Å². The fourth-order valence-electron chi connectivity index (χ4n) is 1.63. The summed E-state index contributed by atoms with van der Waals surface area (Å²) < 4.78 is 1.76. The summed E-state index contributed by atoms with van der Waals surface area (Å²) in [6, 6.07) is 3.66. The number of anilines is 1. The lowest BCUT2D eigenvalue weighted by Crippen LogP contribution is -2.23. The maximum Gasteiger partial charge on any atom is 0.223 e. The van der Waals surface area contributed by atoms with E-state index in [1.165, 1.54) is 0 Å². The summed E-state index contributed by atoms with van der Waals surface area (Å²) >= 11 is 0. The zero-order valence-electron chi connectivity index (χ0n) is 9.92. The van der Waals surface area contributed by atoms with E-state index < -0.39 is 0 Å². The Labute approximate surface area is 99.1 Å². The fraction of sp³-hybridized carbons (Fsp3) is 0.364. The number of carbonyl (C=O) groups excluding carboxylic acids is 1. The highest BCUT2D eigenvalue weighted by Crippen LogP contribution is 2.15. The van der Waals surface area contributed by atoms with Crippen LogP contribution in [0.1, 0.15) is 6.42 Å². The van der Waals surface area contributed by atoms with E-state index in [9.17, 15) is 4.79 Å². The lowest BCUT2D eigenvalue weighted by molar-refractivity contribution is -0.128. The second-order valence-electron chi connectivity index (χ2n) is 4.01. The van der Waals surface area contributed by atoms with E-state index in [-0.39, 0.29) is 5.91 Å². The molecule has 6 nitrogen and oxygen atoms in total. The van der Waals surface area contributed by atoms with E-state index in [2.05, 4.69) is 9.97 Å². The van der Waals surface area contributed by atoms with Gasteiger partial charge in [0.2, 0.25) is 11.9 Å². The number of carbonyl (C=O) groups is 1. The molecule has 0 saturated heterocycles. The largest absolute Gasteiger partial charge is 0.369 e. The van der Waals surface area contributed by atoms with Crippen molar-refractivity contribution in [3.8, 4) is 0 Å². The van der Waals surface area contributed by atoms with Crippen LogP contribution in [0.5, 0.6) is 0 Å². The van der Waals surface area contributed by atoms with Crippen LogP contribution in [-0.4, -0.2) is 39.4 Å². The van der Waals surface area contributed by atoms with Crippen LogP contribution in [0.3, 0.4) is 0 Å². The first-order valence-corrected chi connectivity index (χ1v) is 5.36. The van der Waals surface area contributed by atoms with Gasteiger partial charge < -0.3 is 10.6 Å². The number of fused-ring (bicyclic) bond motifs is 1. The molecule has 6 heteroatoms. The molecule has 17 heavy (non-hydrogen) atoms. The van der Waals surface area contributed by atoms with Crippen LogP contribution in [-0.2, 0) is 11.3 Å². The van der Waals surface area contributed by atoms with Gasteiger partial charge in [0, 0.05) is 33.3 Å².